The van der Waals surface area contributed by atoms with Gasteiger partial charge >= 0.3 is 0 Å². The Bertz CT molecular complexity index is 954. The van der Waals surface area contributed by atoms with Crippen molar-refractivity contribution in [2.24, 2.45) is 5.73 Å². The molecule has 2 heterocycles. The van der Waals surface area contributed by atoms with E-state index in [2.05, 4.69) is 5.32 Å². The smallest absolute Gasteiger partial charge is 0.256 e. The monoisotopic (exact) mass is 316 g/mol. The first-order valence-corrected chi connectivity index (χ1v) is 7.76. The molecule has 24 heavy (non-hydrogen) atoms. The van der Waals surface area contributed by atoms with E-state index in [9.17, 15) is 4.79 Å². The number of benzene rings is 2. The fourth-order valence-electron chi connectivity index (χ4n) is 2.86. The molecular weight excluding hydrogens is 300 g/mol. The highest BCUT2D eigenvalue weighted by Gasteiger charge is 2.23. The Labute approximate surface area is 139 Å². The zero-order chi connectivity index (χ0) is 16.5. The lowest BCUT2D eigenvalue weighted by atomic mass is 10.1. The number of hydrogen-bond acceptors (Lipinski definition) is 3. The summed E-state index contributed by atoms with van der Waals surface area (Å²) in [6.45, 7) is 0.489. The molecule has 0 atom stereocenters. The molecule has 0 spiro atoms. The average Bonchev–Trinajstić information content (AvgIpc) is 3.20. The minimum atomic E-state index is -0.112. The van der Waals surface area contributed by atoms with Crippen molar-refractivity contribution >= 4 is 23.2 Å². The van der Waals surface area contributed by atoms with E-state index in [-0.39, 0.29) is 5.91 Å². The lowest BCUT2D eigenvalue weighted by Crippen LogP contribution is -2.03. The van der Waals surface area contributed by atoms with Gasteiger partial charge in [-0.05, 0) is 35.9 Å². The van der Waals surface area contributed by atoms with Crippen LogP contribution in [0.15, 0.2) is 65.1 Å². The van der Waals surface area contributed by atoms with Gasteiger partial charge in [0, 0.05) is 23.4 Å². The lowest BCUT2D eigenvalue weighted by Gasteiger charge is -2.00. The fraction of sp³-hybridized carbons (Fsp3) is 0.0500. The molecule has 0 aliphatic carbocycles. The summed E-state index contributed by atoms with van der Waals surface area (Å²) in [7, 11) is 0. The number of nitrogens with two attached hydrogens (primary N) is 1. The van der Waals surface area contributed by atoms with Gasteiger partial charge in [0.1, 0.15) is 11.5 Å². The summed E-state index contributed by atoms with van der Waals surface area (Å²) in [6.07, 6.45) is 1.78. The van der Waals surface area contributed by atoms with Crippen LogP contribution in [-0.4, -0.2) is 5.91 Å². The summed E-state index contributed by atoms with van der Waals surface area (Å²) in [5, 5.41) is 2.86. The molecule has 1 amide bonds. The van der Waals surface area contributed by atoms with Crippen LogP contribution in [0.1, 0.15) is 16.9 Å². The van der Waals surface area contributed by atoms with E-state index in [4.69, 9.17) is 10.2 Å². The first-order valence-electron chi connectivity index (χ1n) is 7.76. The molecule has 0 bridgehead atoms. The van der Waals surface area contributed by atoms with Crippen LogP contribution in [0.3, 0.4) is 0 Å². The normalized spacial score (nSPS) is 14.7. The first kappa shape index (κ1) is 14.5. The second-order valence-electron chi connectivity index (χ2n) is 5.66. The standard InChI is InChI=1S/C20H16N2O2/c21-12-13-4-3-5-14(10-13)19-9-8-15(24-19)11-17-16-6-1-2-7-18(16)22-20(17)23/h1-11H,12,21H2,(H,22,23). The van der Waals surface area contributed by atoms with Crippen LogP contribution < -0.4 is 11.1 Å². The van der Waals surface area contributed by atoms with Crippen molar-refractivity contribution in [1.29, 1.82) is 0 Å². The molecule has 4 rings (SSSR count). The fourth-order valence-corrected chi connectivity index (χ4v) is 2.86. The molecule has 1 aliphatic heterocycles. The molecule has 3 N–H and O–H groups in total. The minimum Gasteiger partial charge on any atom is -0.457 e. The number of furan rings is 1. The largest absolute Gasteiger partial charge is 0.457 e. The van der Waals surface area contributed by atoms with Crippen molar-refractivity contribution in [1.82, 2.24) is 0 Å². The van der Waals surface area contributed by atoms with Crippen LogP contribution in [-0.2, 0) is 11.3 Å². The maximum absolute atomic E-state index is 12.2. The highest BCUT2D eigenvalue weighted by atomic mass is 16.3. The zero-order valence-electron chi connectivity index (χ0n) is 13.0. The highest BCUT2D eigenvalue weighted by Crippen LogP contribution is 2.33. The second kappa shape index (κ2) is 5.83. The van der Waals surface area contributed by atoms with Crippen LogP contribution >= 0.6 is 0 Å². The summed E-state index contributed by atoms with van der Waals surface area (Å²) in [6, 6.07) is 19.3. The van der Waals surface area contributed by atoms with E-state index in [1.807, 2.05) is 60.7 Å². The maximum Gasteiger partial charge on any atom is 0.256 e. The molecule has 118 valence electrons. The average molecular weight is 316 g/mol. The van der Waals surface area contributed by atoms with Gasteiger partial charge in [0.25, 0.3) is 5.91 Å². The summed E-state index contributed by atoms with van der Waals surface area (Å²) >= 11 is 0. The molecule has 1 aromatic heterocycles. The highest BCUT2D eigenvalue weighted by molar-refractivity contribution is 6.34. The Balaban J connectivity index is 1.70. The molecule has 0 saturated heterocycles. The van der Waals surface area contributed by atoms with Gasteiger partial charge in [-0.15, -0.1) is 0 Å². The van der Waals surface area contributed by atoms with Crippen LogP contribution in [0.4, 0.5) is 5.69 Å². The van der Waals surface area contributed by atoms with Gasteiger partial charge in [0.2, 0.25) is 0 Å². The van der Waals surface area contributed by atoms with E-state index < -0.39 is 0 Å². The topological polar surface area (TPSA) is 68.3 Å². The predicted octanol–water partition coefficient (Wildman–Crippen LogP) is 3.90. The van der Waals surface area contributed by atoms with Gasteiger partial charge in [-0.3, -0.25) is 4.79 Å². The third kappa shape index (κ3) is 2.53. The van der Waals surface area contributed by atoms with Gasteiger partial charge < -0.3 is 15.5 Å². The molecule has 1 aliphatic rings. The van der Waals surface area contributed by atoms with E-state index in [1.165, 1.54) is 0 Å². The molecule has 0 saturated carbocycles. The molecular formula is C20H16N2O2. The molecule has 4 heteroatoms. The van der Waals surface area contributed by atoms with Gasteiger partial charge in [-0.25, -0.2) is 0 Å². The van der Waals surface area contributed by atoms with Gasteiger partial charge in [-0.2, -0.15) is 0 Å². The summed E-state index contributed by atoms with van der Waals surface area (Å²) in [5.74, 6) is 1.29. The van der Waals surface area contributed by atoms with Gasteiger partial charge in [-0.1, -0.05) is 36.4 Å². The quantitative estimate of drug-likeness (QED) is 0.720. The van der Waals surface area contributed by atoms with Crippen LogP contribution in [0.5, 0.6) is 0 Å². The Morgan fingerprint density at radius 1 is 1.04 bits per heavy atom. The number of nitrogens with one attached hydrogen (secondary N) is 1. The van der Waals surface area contributed by atoms with Crippen molar-refractivity contribution in [2.45, 2.75) is 6.54 Å². The van der Waals surface area contributed by atoms with E-state index in [1.54, 1.807) is 6.08 Å². The molecule has 4 nitrogen and oxygen atoms in total. The minimum absolute atomic E-state index is 0.112. The Kier molecular flexibility index (Phi) is 3.52. The van der Waals surface area contributed by atoms with Gasteiger partial charge in [0.15, 0.2) is 0 Å². The third-order valence-electron chi connectivity index (χ3n) is 4.07. The van der Waals surface area contributed by atoms with Crippen LogP contribution in [0, 0.1) is 0 Å². The van der Waals surface area contributed by atoms with E-state index >= 15 is 0 Å². The molecule has 0 radical (unpaired) electrons. The number of fused-ring (bicyclic) bond motifs is 1. The number of rotatable bonds is 3. The Morgan fingerprint density at radius 3 is 2.79 bits per heavy atom. The summed E-state index contributed by atoms with van der Waals surface area (Å²) in [4.78, 5) is 12.2. The van der Waals surface area contributed by atoms with E-state index in [0.29, 0.717) is 17.9 Å². The molecule has 0 unspecified atom stereocenters. The molecule has 0 fully saturated rings. The number of carbonyl (C=O) groups excluding carboxylic acids is 1. The first-order chi connectivity index (χ1) is 11.7. The second-order valence-corrected chi connectivity index (χ2v) is 5.66. The maximum atomic E-state index is 12.2. The van der Waals surface area contributed by atoms with Crippen molar-refractivity contribution in [3.8, 4) is 11.3 Å². The number of para-hydroxylation sites is 1. The van der Waals surface area contributed by atoms with Crippen molar-refractivity contribution < 1.29 is 9.21 Å². The SMILES string of the molecule is NCc1cccc(-c2ccc(C=C3C(=O)Nc4ccccc43)o2)c1. The zero-order valence-corrected chi connectivity index (χ0v) is 13.0. The third-order valence-corrected chi connectivity index (χ3v) is 4.07. The van der Waals surface area contributed by atoms with Crippen molar-refractivity contribution in [3.05, 3.63) is 77.6 Å². The van der Waals surface area contributed by atoms with Gasteiger partial charge in [0.05, 0.1) is 5.57 Å². The number of hydrogen-bond donors (Lipinski definition) is 2. The Hall–Kier alpha value is -3.11. The predicted molar refractivity (Wildman–Crippen MR) is 95.0 cm³/mol. The molecule has 2 aromatic carbocycles. The molecule has 3 aromatic rings. The number of amides is 1. The summed E-state index contributed by atoms with van der Waals surface area (Å²) < 4.78 is 5.90. The van der Waals surface area contributed by atoms with Crippen LogP contribution in [0.25, 0.3) is 23.0 Å². The number of anilines is 1. The van der Waals surface area contributed by atoms with Crippen LogP contribution in [0.2, 0.25) is 0 Å². The van der Waals surface area contributed by atoms with Crippen molar-refractivity contribution in [2.75, 3.05) is 5.32 Å². The summed E-state index contributed by atoms with van der Waals surface area (Å²) in [5.41, 5.74) is 10.0. The van der Waals surface area contributed by atoms with Crippen molar-refractivity contribution in [3.63, 3.8) is 0 Å². The number of carbonyl (C=O) groups is 1. The Morgan fingerprint density at radius 2 is 1.92 bits per heavy atom. The lowest BCUT2D eigenvalue weighted by molar-refractivity contribution is -0.110. The van der Waals surface area contributed by atoms with E-state index in [0.717, 1.165) is 28.1 Å².